The van der Waals surface area contributed by atoms with Crippen molar-refractivity contribution in [3.05, 3.63) is 70.3 Å². The number of benzene rings is 2. The number of imide groups is 1. The van der Waals surface area contributed by atoms with Gasteiger partial charge in [-0.25, -0.2) is 8.78 Å². The van der Waals surface area contributed by atoms with Gasteiger partial charge in [-0.05, 0) is 44.0 Å². The number of nitrogens with zero attached hydrogens (tertiary/aromatic N) is 1. The molecule has 3 amide bonds. The van der Waals surface area contributed by atoms with E-state index < -0.39 is 35.4 Å². The molecule has 2 heterocycles. The maximum absolute atomic E-state index is 13.9. The van der Waals surface area contributed by atoms with Crippen LogP contribution in [0.1, 0.15) is 62.4 Å². The van der Waals surface area contributed by atoms with Crippen LogP contribution in [0.3, 0.4) is 0 Å². The number of hydrogen-bond acceptors (Lipinski definition) is 4. The fourth-order valence-electron chi connectivity index (χ4n) is 3.80. The maximum Gasteiger partial charge on any atom is 0.261 e. The first kappa shape index (κ1) is 20.2. The first-order chi connectivity index (χ1) is 14.3. The van der Waals surface area contributed by atoms with Crippen LogP contribution in [-0.4, -0.2) is 41.9 Å². The highest BCUT2D eigenvalue weighted by atomic mass is 19.1. The Hall–Kier alpha value is -3.13. The van der Waals surface area contributed by atoms with E-state index in [0.29, 0.717) is 6.61 Å². The molecule has 2 atom stereocenters. The number of carbonyl (C=O) groups excluding carboxylic acids is 3. The molecule has 4 rings (SSSR count). The molecule has 2 aromatic carbocycles. The molecule has 30 heavy (non-hydrogen) atoms. The van der Waals surface area contributed by atoms with Crippen LogP contribution in [0.25, 0.3) is 0 Å². The van der Waals surface area contributed by atoms with E-state index in [9.17, 15) is 23.2 Å². The summed E-state index contributed by atoms with van der Waals surface area (Å²) in [6.45, 7) is 2.37. The van der Waals surface area contributed by atoms with E-state index >= 15 is 0 Å². The molecule has 0 spiro atoms. The van der Waals surface area contributed by atoms with E-state index in [0.717, 1.165) is 29.9 Å². The SMILES string of the molecule is CC(NC(=O)c1ccc2c(c1)C(=O)N(CC1CCCO1)C2=O)c1ccc(F)cc1F. The Labute approximate surface area is 171 Å². The molecule has 0 aliphatic carbocycles. The van der Waals surface area contributed by atoms with E-state index in [2.05, 4.69) is 5.32 Å². The second-order valence-corrected chi connectivity index (χ2v) is 7.48. The highest BCUT2D eigenvalue weighted by molar-refractivity contribution is 6.22. The van der Waals surface area contributed by atoms with Crippen LogP contribution >= 0.6 is 0 Å². The molecule has 1 N–H and O–H groups in total. The molecule has 0 radical (unpaired) electrons. The second-order valence-electron chi connectivity index (χ2n) is 7.48. The number of carbonyl (C=O) groups is 3. The highest BCUT2D eigenvalue weighted by Gasteiger charge is 2.38. The molecule has 2 aliphatic rings. The Bertz CT molecular complexity index is 1030. The number of rotatable bonds is 5. The monoisotopic (exact) mass is 414 g/mol. The third-order valence-corrected chi connectivity index (χ3v) is 5.42. The predicted molar refractivity (Wildman–Crippen MR) is 103 cm³/mol. The molecule has 0 aromatic heterocycles. The van der Waals surface area contributed by atoms with Crippen molar-refractivity contribution in [1.29, 1.82) is 0 Å². The van der Waals surface area contributed by atoms with Gasteiger partial charge < -0.3 is 10.1 Å². The quantitative estimate of drug-likeness (QED) is 0.763. The van der Waals surface area contributed by atoms with Gasteiger partial charge in [0, 0.05) is 23.8 Å². The minimum Gasteiger partial charge on any atom is -0.376 e. The molecule has 2 aromatic rings. The number of hydrogen-bond donors (Lipinski definition) is 1. The van der Waals surface area contributed by atoms with Gasteiger partial charge in [0.2, 0.25) is 0 Å². The van der Waals surface area contributed by atoms with Gasteiger partial charge in [0.05, 0.1) is 29.8 Å². The smallest absolute Gasteiger partial charge is 0.261 e. The number of halogens is 2. The van der Waals surface area contributed by atoms with Crippen molar-refractivity contribution < 1.29 is 27.9 Å². The summed E-state index contributed by atoms with van der Waals surface area (Å²) >= 11 is 0. The summed E-state index contributed by atoms with van der Waals surface area (Å²) < 4.78 is 32.6. The predicted octanol–water partition coefficient (Wildman–Crippen LogP) is 3.23. The van der Waals surface area contributed by atoms with E-state index in [1.807, 2.05) is 0 Å². The average molecular weight is 414 g/mol. The second kappa shape index (κ2) is 7.95. The van der Waals surface area contributed by atoms with E-state index in [4.69, 9.17) is 4.74 Å². The fraction of sp³-hybridized carbons (Fsp3) is 0.318. The van der Waals surface area contributed by atoms with Gasteiger partial charge in [0.25, 0.3) is 17.7 Å². The molecule has 1 saturated heterocycles. The molecule has 1 fully saturated rings. The fourth-order valence-corrected chi connectivity index (χ4v) is 3.80. The normalized spacial score (nSPS) is 19.2. The van der Waals surface area contributed by atoms with Crippen LogP contribution in [0, 0.1) is 11.6 Å². The minimum atomic E-state index is -0.762. The van der Waals surface area contributed by atoms with Crippen LogP contribution < -0.4 is 5.32 Å². The molecule has 0 bridgehead atoms. The first-order valence-corrected chi connectivity index (χ1v) is 9.73. The van der Waals surface area contributed by atoms with Gasteiger partial charge in [-0.3, -0.25) is 19.3 Å². The van der Waals surface area contributed by atoms with Crippen molar-refractivity contribution in [3.8, 4) is 0 Å². The molecule has 0 saturated carbocycles. The summed E-state index contributed by atoms with van der Waals surface area (Å²) in [5, 5.41) is 2.63. The molecule has 8 heteroatoms. The summed E-state index contributed by atoms with van der Waals surface area (Å²) in [6.07, 6.45) is 1.52. The number of fused-ring (bicyclic) bond motifs is 1. The summed E-state index contributed by atoms with van der Waals surface area (Å²) in [5.41, 5.74) is 0.710. The summed E-state index contributed by atoms with van der Waals surface area (Å²) in [5.74, 6) is -2.87. The van der Waals surface area contributed by atoms with Crippen molar-refractivity contribution in [3.63, 3.8) is 0 Å². The largest absolute Gasteiger partial charge is 0.376 e. The van der Waals surface area contributed by atoms with Crippen molar-refractivity contribution in [2.45, 2.75) is 31.9 Å². The summed E-state index contributed by atoms with van der Waals surface area (Å²) in [6, 6.07) is 6.67. The Kier molecular flexibility index (Phi) is 5.34. The Morgan fingerprint density at radius 3 is 2.63 bits per heavy atom. The Morgan fingerprint density at radius 2 is 1.93 bits per heavy atom. The zero-order valence-electron chi connectivity index (χ0n) is 16.3. The van der Waals surface area contributed by atoms with Gasteiger partial charge in [-0.1, -0.05) is 6.07 Å². The average Bonchev–Trinajstić information content (AvgIpc) is 3.30. The Morgan fingerprint density at radius 1 is 1.17 bits per heavy atom. The zero-order valence-corrected chi connectivity index (χ0v) is 16.3. The molecule has 2 aliphatic heterocycles. The van der Waals surface area contributed by atoms with Crippen molar-refractivity contribution in [1.82, 2.24) is 10.2 Å². The first-order valence-electron chi connectivity index (χ1n) is 9.73. The Balaban J connectivity index is 1.50. The van der Waals surface area contributed by atoms with Crippen molar-refractivity contribution in [2.75, 3.05) is 13.2 Å². The zero-order chi connectivity index (χ0) is 21.4. The standard InChI is InChI=1S/C22H20F2N2O4/c1-12(16-7-5-14(23)10-19(16)24)25-20(27)13-4-6-17-18(9-13)22(29)26(21(17)28)11-15-3-2-8-30-15/h4-7,9-10,12,15H,2-3,8,11H2,1H3,(H,25,27). The number of ether oxygens (including phenoxy) is 1. The van der Waals surface area contributed by atoms with Gasteiger partial charge in [-0.2, -0.15) is 0 Å². The number of nitrogens with one attached hydrogen (secondary N) is 1. The molecular weight excluding hydrogens is 394 g/mol. The third kappa shape index (κ3) is 3.70. The van der Waals surface area contributed by atoms with Crippen LogP contribution in [0.4, 0.5) is 8.78 Å². The van der Waals surface area contributed by atoms with Crippen LogP contribution in [0.15, 0.2) is 36.4 Å². The van der Waals surface area contributed by atoms with E-state index in [-0.39, 0.29) is 34.9 Å². The number of amides is 3. The lowest BCUT2D eigenvalue weighted by molar-refractivity contribution is 0.0475. The van der Waals surface area contributed by atoms with E-state index in [1.165, 1.54) is 24.3 Å². The third-order valence-electron chi connectivity index (χ3n) is 5.42. The van der Waals surface area contributed by atoms with Crippen LogP contribution in [0.5, 0.6) is 0 Å². The molecule has 2 unspecified atom stereocenters. The molecular formula is C22H20F2N2O4. The molecule has 156 valence electrons. The van der Waals surface area contributed by atoms with Crippen molar-refractivity contribution in [2.24, 2.45) is 0 Å². The molecule has 6 nitrogen and oxygen atoms in total. The van der Waals surface area contributed by atoms with E-state index in [1.54, 1.807) is 6.92 Å². The van der Waals surface area contributed by atoms with Crippen LogP contribution in [-0.2, 0) is 4.74 Å². The lowest BCUT2D eigenvalue weighted by Gasteiger charge is -2.17. The maximum atomic E-state index is 13.9. The van der Waals surface area contributed by atoms with Gasteiger partial charge >= 0.3 is 0 Å². The van der Waals surface area contributed by atoms with Gasteiger partial charge in [0.15, 0.2) is 0 Å². The van der Waals surface area contributed by atoms with Gasteiger partial charge in [-0.15, -0.1) is 0 Å². The van der Waals surface area contributed by atoms with Crippen LogP contribution in [0.2, 0.25) is 0 Å². The lowest BCUT2D eigenvalue weighted by Crippen LogP contribution is -2.36. The van der Waals surface area contributed by atoms with Crippen molar-refractivity contribution >= 4 is 17.7 Å². The highest BCUT2D eigenvalue weighted by Crippen LogP contribution is 2.26. The topological polar surface area (TPSA) is 75.7 Å². The summed E-state index contributed by atoms with van der Waals surface area (Å²) in [4.78, 5) is 39.1. The lowest BCUT2D eigenvalue weighted by atomic mass is 10.0. The van der Waals surface area contributed by atoms with Gasteiger partial charge in [0.1, 0.15) is 11.6 Å². The summed E-state index contributed by atoms with van der Waals surface area (Å²) in [7, 11) is 0. The minimum absolute atomic E-state index is 0.139.